The highest BCUT2D eigenvalue weighted by atomic mass is 32.1. The fourth-order valence-corrected chi connectivity index (χ4v) is 2.87. The molecule has 0 amide bonds. The molecule has 0 saturated carbocycles. The number of nitrogens with one attached hydrogen (secondary N) is 2. The van der Waals surface area contributed by atoms with Crippen LogP contribution in [0, 0.1) is 0 Å². The van der Waals surface area contributed by atoms with E-state index in [-0.39, 0.29) is 0 Å². The molecule has 1 aliphatic rings. The summed E-state index contributed by atoms with van der Waals surface area (Å²) < 4.78 is 5.46. The zero-order valence-electron chi connectivity index (χ0n) is 11.8. The van der Waals surface area contributed by atoms with Gasteiger partial charge in [0.1, 0.15) is 5.82 Å². The zero-order chi connectivity index (χ0) is 14.3. The van der Waals surface area contributed by atoms with E-state index in [4.69, 9.17) is 4.74 Å². The largest absolute Gasteiger partial charge is 0.379 e. The second-order valence-corrected chi connectivity index (χ2v) is 5.91. The summed E-state index contributed by atoms with van der Waals surface area (Å²) in [5, 5.41) is 9.74. The van der Waals surface area contributed by atoms with Crippen molar-refractivity contribution in [2.24, 2.45) is 0 Å². The Balaban J connectivity index is 1.50. The van der Waals surface area contributed by atoms with Crippen LogP contribution in [-0.4, -0.2) is 40.8 Å². The van der Waals surface area contributed by atoms with Crippen LogP contribution in [0.25, 0.3) is 0 Å². The average molecular weight is 305 g/mol. The molecule has 112 valence electrons. The number of hydrogen-bond acceptors (Lipinski definition) is 7. The molecular weight excluding hydrogens is 286 g/mol. The van der Waals surface area contributed by atoms with Gasteiger partial charge >= 0.3 is 0 Å². The lowest BCUT2D eigenvalue weighted by molar-refractivity contribution is 0.0875. The molecular formula is C14H19N5OS. The van der Waals surface area contributed by atoms with Gasteiger partial charge in [0.25, 0.3) is 0 Å². The number of ether oxygens (including phenoxy) is 1. The van der Waals surface area contributed by atoms with E-state index in [9.17, 15) is 0 Å². The predicted molar refractivity (Wildman–Crippen MR) is 83.8 cm³/mol. The third-order valence-electron chi connectivity index (χ3n) is 3.27. The van der Waals surface area contributed by atoms with Crippen LogP contribution in [0.5, 0.6) is 0 Å². The highest BCUT2D eigenvalue weighted by molar-refractivity contribution is 7.09. The van der Waals surface area contributed by atoms with E-state index in [1.807, 2.05) is 17.6 Å². The summed E-state index contributed by atoms with van der Waals surface area (Å²) >= 11 is 1.67. The molecule has 3 rings (SSSR count). The third-order valence-corrected chi connectivity index (χ3v) is 4.11. The molecule has 0 radical (unpaired) electrons. The molecule has 0 aromatic carbocycles. The SMILES string of the molecule is c1cc(NC2CCCOC2)nc(NCCc2nccs2)n1. The van der Waals surface area contributed by atoms with Gasteiger partial charge in [0, 0.05) is 37.3 Å². The molecule has 0 spiro atoms. The summed E-state index contributed by atoms with van der Waals surface area (Å²) in [5.41, 5.74) is 0. The van der Waals surface area contributed by atoms with Gasteiger partial charge in [-0.3, -0.25) is 0 Å². The number of anilines is 2. The maximum atomic E-state index is 5.46. The fraction of sp³-hybridized carbons (Fsp3) is 0.500. The Morgan fingerprint density at radius 2 is 2.33 bits per heavy atom. The van der Waals surface area contributed by atoms with E-state index < -0.39 is 0 Å². The number of rotatable bonds is 6. The monoisotopic (exact) mass is 305 g/mol. The molecule has 1 aliphatic heterocycles. The van der Waals surface area contributed by atoms with Gasteiger partial charge in [-0.25, -0.2) is 9.97 Å². The number of aromatic nitrogens is 3. The van der Waals surface area contributed by atoms with Crippen molar-refractivity contribution < 1.29 is 4.74 Å². The minimum absolute atomic E-state index is 0.344. The quantitative estimate of drug-likeness (QED) is 0.852. The zero-order valence-corrected chi connectivity index (χ0v) is 12.6. The molecule has 1 atom stereocenters. The Bertz CT molecular complexity index is 542. The molecule has 2 aromatic rings. The topological polar surface area (TPSA) is 72.0 Å². The summed E-state index contributed by atoms with van der Waals surface area (Å²) in [6, 6.07) is 2.23. The van der Waals surface area contributed by atoms with Crippen molar-refractivity contribution in [3.63, 3.8) is 0 Å². The average Bonchev–Trinajstić information content (AvgIpc) is 3.02. The van der Waals surface area contributed by atoms with Crippen LogP contribution < -0.4 is 10.6 Å². The van der Waals surface area contributed by atoms with E-state index in [0.717, 1.165) is 49.8 Å². The van der Waals surface area contributed by atoms with Crippen molar-refractivity contribution in [1.82, 2.24) is 15.0 Å². The maximum Gasteiger partial charge on any atom is 0.224 e. The fourth-order valence-electron chi connectivity index (χ4n) is 2.25. The molecule has 1 saturated heterocycles. The van der Waals surface area contributed by atoms with Crippen molar-refractivity contribution in [3.05, 3.63) is 28.8 Å². The van der Waals surface area contributed by atoms with E-state index in [1.165, 1.54) is 0 Å². The van der Waals surface area contributed by atoms with E-state index >= 15 is 0 Å². The lowest BCUT2D eigenvalue weighted by atomic mass is 10.1. The van der Waals surface area contributed by atoms with Gasteiger partial charge in [0.15, 0.2) is 0 Å². The Morgan fingerprint density at radius 1 is 1.33 bits per heavy atom. The molecule has 2 aromatic heterocycles. The first-order chi connectivity index (χ1) is 10.4. The van der Waals surface area contributed by atoms with Crippen LogP contribution in [-0.2, 0) is 11.2 Å². The molecule has 0 aliphatic carbocycles. The van der Waals surface area contributed by atoms with Crippen LogP contribution >= 0.6 is 11.3 Å². The first-order valence-electron chi connectivity index (χ1n) is 7.20. The molecule has 1 unspecified atom stereocenters. The molecule has 3 heterocycles. The standard InChI is InChI=1S/C14H19N5OS/c1-2-11(10-20-8-1)18-12-3-5-16-14(19-12)17-6-4-13-15-7-9-21-13/h3,5,7,9,11H,1-2,4,6,8,10H2,(H2,16,17,18,19). The smallest absolute Gasteiger partial charge is 0.224 e. The van der Waals surface area contributed by atoms with Gasteiger partial charge in [0.2, 0.25) is 5.95 Å². The molecule has 6 nitrogen and oxygen atoms in total. The molecule has 7 heteroatoms. The normalized spacial score (nSPS) is 18.4. The van der Waals surface area contributed by atoms with Crippen molar-refractivity contribution in [2.45, 2.75) is 25.3 Å². The lowest BCUT2D eigenvalue weighted by Gasteiger charge is -2.23. The van der Waals surface area contributed by atoms with E-state index in [2.05, 4.69) is 25.6 Å². The maximum absolute atomic E-state index is 5.46. The highest BCUT2D eigenvalue weighted by Gasteiger charge is 2.14. The van der Waals surface area contributed by atoms with Gasteiger partial charge in [-0.05, 0) is 18.9 Å². The number of thiazole rings is 1. The molecule has 1 fully saturated rings. The van der Waals surface area contributed by atoms with Gasteiger partial charge in [-0.15, -0.1) is 11.3 Å². The van der Waals surface area contributed by atoms with Gasteiger partial charge in [0.05, 0.1) is 17.7 Å². The highest BCUT2D eigenvalue weighted by Crippen LogP contribution is 2.13. The molecule has 21 heavy (non-hydrogen) atoms. The van der Waals surface area contributed by atoms with Crippen LogP contribution in [0.2, 0.25) is 0 Å². The minimum atomic E-state index is 0.344. The second-order valence-electron chi connectivity index (χ2n) is 4.93. The Kier molecular flexibility index (Phi) is 4.96. The van der Waals surface area contributed by atoms with Gasteiger partial charge < -0.3 is 15.4 Å². The predicted octanol–water partition coefficient (Wildman–Crippen LogP) is 2.18. The first kappa shape index (κ1) is 14.2. The van der Waals surface area contributed by atoms with Crippen LogP contribution in [0.4, 0.5) is 11.8 Å². The van der Waals surface area contributed by atoms with Crippen molar-refractivity contribution in [2.75, 3.05) is 30.4 Å². The second kappa shape index (κ2) is 7.33. The van der Waals surface area contributed by atoms with Crippen molar-refractivity contribution >= 4 is 23.1 Å². The first-order valence-corrected chi connectivity index (χ1v) is 8.08. The summed E-state index contributed by atoms with van der Waals surface area (Å²) in [5.74, 6) is 1.49. The van der Waals surface area contributed by atoms with Gasteiger partial charge in [-0.2, -0.15) is 4.98 Å². The Labute approximate surface area is 128 Å². The Morgan fingerprint density at radius 3 is 3.14 bits per heavy atom. The number of hydrogen-bond donors (Lipinski definition) is 2. The third kappa shape index (κ3) is 4.37. The van der Waals surface area contributed by atoms with Crippen LogP contribution in [0.3, 0.4) is 0 Å². The summed E-state index contributed by atoms with van der Waals surface area (Å²) in [6.07, 6.45) is 6.70. The van der Waals surface area contributed by atoms with Crippen molar-refractivity contribution in [1.29, 1.82) is 0 Å². The van der Waals surface area contributed by atoms with Crippen LogP contribution in [0.15, 0.2) is 23.8 Å². The summed E-state index contributed by atoms with van der Waals surface area (Å²) in [7, 11) is 0. The summed E-state index contributed by atoms with van der Waals surface area (Å²) in [6.45, 7) is 2.39. The molecule has 2 N–H and O–H groups in total. The summed E-state index contributed by atoms with van der Waals surface area (Å²) in [4.78, 5) is 13.0. The van der Waals surface area contributed by atoms with E-state index in [1.54, 1.807) is 17.5 Å². The lowest BCUT2D eigenvalue weighted by Crippen LogP contribution is -2.30. The number of nitrogens with zero attached hydrogens (tertiary/aromatic N) is 3. The Hall–Kier alpha value is -1.73. The van der Waals surface area contributed by atoms with Crippen LogP contribution in [0.1, 0.15) is 17.8 Å². The van der Waals surface area contributed by atoms with Crippen molar-refractivity contribution in [3.8, 4) is 0 Å². The minimum Gasteiger partial charge on any atom is -0.379 e. The van der Waals surface area contributed by atoms with Gasteiger partial charge in [-0.1, -0.05) is 0 Å². The molecule has 0 bridgehead atoms. The van der Waals surface area contributed by atoms with E-state index in [0.29, 0.717) is 12.0 Å².